The molecule has 11 nitrogen and oxygen atoms in total. The largest absolute Gasteiger partial charge is 0.494 e. The molecule has 1 unspecified atom stereocenters. The fraction of sp³-hybridized carbons (Fsp3) is 0.594. The highest BCUT2D eigenvalue weighted by Gasteiger charge is 2.46. The molecule has 2 aromatic rings. The molecule has 3 fully saturated rings. The number of ether oxygens (including phenoxy) is 2. The molecule has 2 heterocycles. The number of benzene rings is 1. The van der Waals surface area contributed by atoms with E-state index in [0.29, 0.717) is 18.9 Å². The Kier molecular flexibility index (Phi) is 8.91. The molecule has 2 saturated carbocycles. The third kappa shape index (κ3) is 7.44. The van der Waals surface area contributed by atoms with Gasteiger partial charge in [0.25, 0.3) is 5.91 Å². The van der Waals surface area contributed by atoms with Crippen molar-refractivity contribution in [3.8, 4) is 11.6 Å². The Bertz CT molecular complexity index is 1380. The summed E-state index contributed by atoms with van der Waals surface area (Å²) in [5, 5.41) is 7.23. The average molecular weight is 594 g/mol. The Hall–Kier alpha value is -3.73. The molecule has 0 spiro atoms. The van der Waals surface area contributed by atoms with E-state index in [-0.39, 0.29) is 30.8 Å². The lowest BCUT2D eigenvalue weighted by atomic mass is 9.86. The molecular weight excluding hydrogens is 550 g/mol. The maximum absolute atomic E-state index is 13.8. The highest BCUT2D eigenvalue weighted by Crippen LogP contribution is 2.35. The zero-order chi connectivity index (χ0) is 30.9. The van der Waals surface area contributed by atoms with Gasteiger partial charge in [0.05, 0.1) is 25.2 Å². The first kappa shape index (κ1) is 30.7. The Balaban J connectivity index is 1.36. The minimum Gasteiger partial charge on any atom is -0.494 e. The van der Waals surface area contributed by atoms with E-state index in [1.807, 2.05) is 52.0 Å². The molecule has 4 atom stereocenters. The first-order valence-electron chi connectivity index (χ1n) is 15.3. The van der Waals surface area contributed by atoms with Gasteiger partial charge in [-0.15, -0.1) is 0 Å². The van der Waals surface area contributed by atoms with Gasteiger partial charge in [-0.1, -0.05) is 33.6 Å². The second-order valence-corrected chi connectivity index (χ2v) is 13.1. The molecule has 3 aliphatic rings. The van der Waals surface area contributed by atoms with E-state index in [4.69, 9.17) is 15.2 Å². The Morgan fingerprint density at radius 2 is 1.86 bits per heavy atom. The molecule has 1 aliphatic heterocycles. The minimum atomic E-state index is -0.953. The molecule has 232 valence electrons. The van der Waals surface area contributed by atoms with E-state index >= 15 is 0 Å². The summed E-state index contributed by atoms with van der Waals surface area (Å²) < 4.78 is 12.0. The van der Waals surface area contributed by atoms with Crippen molar-refractivity contribution in [2.45, 2.75) is 96.5 Å². The lowest BCUT2D eigenvalue weighted by molar-refractivity contribution is -0.143. The van der Waals surface area contributed by atoms with Crippen molar-refractivity contribution in [1.29, 1.82) is 0 Å². The van der Waals surface area contributed by atoms with E-state index in [0.717, 1.165) is 42.2 Å². The van der Waals surface area contributed by atoms with Gasteiger partial charge in [0.15, 0.2) is 0 Å². The number of Topliss-reactive ketones (excluding diaryl/α,β-unsaturated/α-hetero) is 1. The topological polar surface area (TPSA) is 153 Å². The van der Waals surface area contributed by atoms with Crippen LogP contribution < -0.4 is 25.8 Å². The lowest BCUT2D eigenvalue weighted by Gasteiger charge is -2.32. The van der Waals surface area contributed by atoms with Crippen LogP contribution >= 0.6 is 0 Å². The van der Waals surface area contributed by atoms with Crippen molar-refractivity contribution in [2.75, 3.05) is 13.2 Å². The van der Waals surface area contributed by atoms with E-state index in [9.17, 15) is 19.2 Å². The van der Waals surface area contributed by atoms with Crippen LogP contribution in [0.15, 0.2) is 30.5 Å². The van der Waals surface area contributed by atoms with Crippen LogP contribution in [0, 0.1) is 11.3 Å². The van der Waals surface area contributed by atoms with Crippen LogP contribution in [-0.4, -0.2) is 76.8 Å². The number of carbonyl (C=O) groups excluding carboxylic acids is 4. The van der Waals surface area contributed by atoms with Crippen molar-refractivity contribution in [2.24, 2.45) is 17.1 Å². The number of ketones is 1. The third-order valence-corrected chi connectivity index (χ3v) is 8.37. The van der Waals surface area contributed by atoms with Gasteiger partial charge >= 0.3 is 0 Å². The highest BCUT2D eigenvalue weighted by molar-refractivity contribution is 6.38. The van der Waals surface area contributed by atoms with Gasteiger partial charge in [0, 0.05) is 24.0 Å². The summed E-state index contributed by atoms with van der Waals surface area (Å²) in [7, 11) is 0. The van der Waals surface area contributed by atoms with Gasteiger partial charge in [-0.05, 0) is 67.2 Å². The third-order valence-electron chi connectivity index (χ3n) is 8.37. The molecule has 4 N–H and O–H groups in total. The summed E-state index contributed by atoms with van der Waals surface area (Å²) in [4.78, 5) is 59.1. The Labute approximate surface area is 252 Å². The van der Waals surface area contributed by atoms with Crippen molar-refractivity contribution < 1.29 is 28.7 Å². The molecule has 2 aliphatic carbocycles. The Morgan fingerprint density at radius 3 is 2.51 bits per heavy atom. The van der Waals surface area contributed by atoms with Gasteiger partial charge < -0.3 is 30.7 Å². The number of pyridine rings is 1. The van der Waals surface area contributed by atoms with Gasteiger partial charge in [-0.2, -0.15) is 0 Å². The number of carbonyl (C=O) groups is 4. The zero-order valence-corrected chi connectivity index (χ0v) is 25.4. The molecule has 0 bridgehead atoms. The number of amides is 3. The van der Waals surface area contributed by atoms with Gasteiger partial charge in [0.2, 0.25) is 23.5 Å². The molecule has 43 heavy (non-hydrogen) atoms. The molecule has 0 radical (unpaired) electrons. The molecule has 1 aromatic heterocycles. The molecule has 5 rings (SSSR count). The summed E-state index contributed by atoms with van der Waals surface area (Å²) in [5.41, 5.74) is 5.82. The predicted octanol–water partition coefficient (Wildman–Crippen LogP) is 2.49. The average Bonchev–Trinajstić information content (AvgIpc) is 3.90. The van der Waals surface area contributed by atoms with E-state index in [1.165, 1.54) is 4.90 Å². The predicted molar refractivity (Wildman–Crippen MR) is 160 cm³/mol. The van der Waals surface area contributed by atoms with Crippen molar-refractivity contribution in [1.82, 2.24) is 20.5 Å². The van der Waals surface area contributed by atoms with E-state index in [2.05, 4.69) is 15.6 Å². The molecule has 3 amide bonds. The highest BCUT2D eigenvalue weighted by atomic mass is 16.5. The number of nitrogens with one attached hydrogen (secondary N) is 2. The smallest absolute Gasteiger partial charge is 0.289 e. The summed E-state index contributed by atoms with van der Waals surface area (Å²) in [6.07, 6.45) is 5.30. The normalized spacial score (nSPS) is 21.7. The van der Waals surface area contributed by atoms with Gasteiger partial charge in [-0.3, -0.25) is 19.2 Å². The maximum Gasteiger partial charge on any atom is 0.289 e. The fourth-order valence-electron chi connectivity index (χ4n) is 5.39. The molecule has 1 aromatic carbocycles. The first-order chi connectivity index (χ1) is 20.4. The van der Waals surface area contributed by atoms with Crippen molar-refractivity contribution in [3.63, 3.8) is 0 Å². The quantitative estimate of drug-likeness (QED) is 0.318. The van der Waals surface area contributed by atoms with E-state index < -0.39 is 47.2 Å². The number of nitrogens with zero attached hydrogens (tertiary/aromatic N) is 2. The number of hydrogen-bond donors (Lipinski definition) is 3. The van der Waals surface area contributed by atoms with Crippen LogP contribution in [0.25, 0.3) is 10.8 Å². The fourth-order valence-corrected chi connectivity index (χ4v) is 5.39. The van der Waals surface area contributed by atoms with Crippen molar-refractivity contribution >= 4 is 34.3 Å². The number of hydrogen-bond acceptors (Lipinski definition) is 8. The Morgan fingerprint density at radius 1 is 1.12 bits per heavy atom. The standard InChI is InChI=1S/C32H43N5O6/c1-5-42-21-10-11-23-19(15-21)12-13-34-30(23)43-22-16-25(37(17-22)31(41)27(33)32(2,3)4)28(39)36-24(14-18-6-7-18)26(38)29(40)35-20-8-9-20/h10-13,15,18,20,22,24-25,27H,5-9,14,16-17,33H2,1-4H3,(H,35,40)(H,36,39)/t22-,24+,25?,27-/m1/s1. The second kappa shape index (κ2) is 12.5. The van der Waals surface area contributed by atoms with E-state index in [1.54, 1.807) is 6.20 Å². The maximum atomic E-state index is 13.8. The molecule has 11 heteroatoms. The van der Waals surface area contributed by atoms with Crippen LogP contribution in [0.4, 0.5) is 0 Å². The summed E-state index contributed by atoms with van der Waals surface area (Å²) in [6.45, 7) is 8.20. The molecular formula is C32H43N5O6. The van der Waals surface area contributed by atoms with Crippen LogP contribution in [-0.2, 0) is 19.2 Å². The summed E-state index contributed by atoms with van der Waals surface area (Å²) >= 11 is 0. The minimum absolute atomic E-state index is 0.0295. The monoisotopic (exact) mass is 593 g/mol. The number of likely N-dealkylation sites (tertiary alicyclic amines) is 1. The number of nitrogens with two attached hydrogens (primary N) is 1. The first-order valence-corrected chi connectivity index (χ1v) is 15.3. The zero-order valence-electron chi connectivity index (χ0n) is 25.4. The number of rotatable bonds is 12. The second-order valence-electron chi connectivity index (χ2n) is 13.1. The van der Waals surface area contributed by atoms with Gasteiger partial charge in [-0.25, -0.2) is 4.98 Å². The SMILES string of the molecule is CCOc1ccc2c(O[C@@H]3CC(C(=O)N[C@@H](CC4CC4)C(=O)C(=O)NC4CC4)N(C(=O)[C@@H](N)C(C)(C)C)C3)nccc2c1. The number of fused-ring (bicyclic) bond motifs is 1. The summed E-state index contributed by atoms with van der Waals surface area (Å²) in [5.74, 6) is -0.771. The van der Waals surface area contributed by atoms with Crippen LogP contribution in [0.5, 0.6) is 11.6 Å². The van der Waals surface area contributed by atoms with Crippen molar-refractivity contribution in [3.05, 3.63) is 30.5 Å². The van der Waals surface area contributed by atoms with Crippen LogP contribution in [0.1, 0.15) is 66.2 Å². The lowest BCUT2D eigenvalue weighted by Crippen LogP contribution is -2.57. The molecule has 1 saturated heterocycles. The van der Waals surface area contributed by atoms with Crippen LogP contribution in [0.2, 0.25) is 0 Å². The van der Waals surface area contributed by atoms with Crippen LogP contribution in [0.3, 0.4) is 0 Å². The summed E-state index contributed by atoms with van der Waals surface area (Å²) in [6, 6.07) is 4.79. The van der Waals surface area contributed by atoms with Gasteiger partial charge in [0.1, 0.15) is 17.9 Å². The number of aromatic nitrogens is 1.